The number of aryl methyl sites for hydroxylation is 1. The summed E-state index contributed by atoms with van der Waals surface area (Å²) in [6, 6.07) is 7.79. The molecule has 1 amide bonds. The molecule has 0 radical (unpaired) electrons. The molecule has 0 aromatic heterocycles. The number of hydrogen-bond donors (Lipinski definition) is 1. The van der Waals surface area contributed by atoms with Gasteiger partial charge in [0.25, 0.3) is 0 Å². The largest absolute Gasteiger partial charge is 0.490 e. The van der Waals surface area contributed by atoms with Gasteiger partial charge in [0.1, 0.15) is 18.0 Å². The number of hydrogen-bond acceptors (Lipinski definition) is 4. The minimum atomic E-state index is -0.971. The second kappa shape index (κ2) is 7.53. The van der Waals surface area contributed by atoms with E-state index in [0.717, 1.165) is 37.1 Å². The molecule has 5 heteroatoms. The number of likely N-dealkylation sites (tertiary alicyclic amines) is 1. The van der Waals surface area contributed by atoms with Gasteiger partial charge in [0.05, 0.1) is 6.54 Å². The van der Waals surface area contributed by atoms with E-state index in [2.05, 4.69) is 0 Å². The predicted octanol–water partition coefficient (Wildman–Crippen LogP) is 2.15. The number of β-amino-alcohol motifs (C(OH)–C–C–N with tert-alkyl or cyclic N) is 1. The van der Waals surface area contributed by atoms with E-state index in [1.54, 1.807) is 0 Å². The zero-order valence-corrected chi connectivity index (χ0v) is 14.4. The second-order valence-electron chi connectivity index (χ2n) is 7.03. The molecule has 1 N–H and O–H groups in total. The molecule has 1 aromatic carbocycles. The summed E-state index contributed by atoms with van der Waals surface area (Å²) in [5, 5.41) is 10.9. The summed E-state index contributed by atoms with van der Waals surface area (Å²) in [5.74, 6) is 0.990. The summed E-state index contributed by atoms with van der Waals surface area (Å²) >= 11 is 0. The number of carbonyl (C=O) groups is 1. The van der Waals surface area contributed by atoms with E-state index in [1.165, 1.54) is 0 Å². The average molecular weight is 333 g/mol. The van der Waals surface area contributed by atoms with Crippen molar-refractivity contribution in [2.75, 3.05) is 32.9 Å². The lowest BCUT2D eigenvalue weighted by Crippen LogP contribution is -2.54. The smallest absolute Gasteiger partial charge is 0.225 e. The van der Waals surface area contributed by atoms with Gasteiger partial charge in [-0.2, -0.15) is 0 Å². The van der Waals surface area contributed by atoms with Crippen LogP contribution in [-0.2, 0) is 9.53 Å². The van der Waals surface area contributed by atoms with Crippen LogP contribution in [0.1, 0.15) is 31.2 Å². The number of rotatable bonds is 4. The number of carbonyl (C=O) groups excluding carboxylic acids is 1. The van der Waals surface area contributed by atoms with Gasteiger partial charge in [-0.15, -0.1) is 0 Å². The molecule has 2 fully saturated rings. The normalized spacial score (nSPS) is 25.5. The zero-order chi connectivity index (χ0) is 17.0. The Kier molecular flexibility index (Phi) is 5.41. The van der Waals surface area contributed by atoms with Crippen LogP contribution in [0.5, 0.6) is 5.75 Å². The van der Waals surface area contributed by atoms with Crippen molar-refractivity contribution in [3.63, 3.8) is 0 Å². The highest BCUT2D eigenvalue weighted by atomic mass is 16.5. The van der Waals surface area contributed by atoms with E-state index < -0.39 is 5.60 Å². The first-order valence-electron chi connectivity index (χ1n) is 8.85. The zero-order valence-electron chi connectivity index (χ0n) is 14.4. The van der Waals surface area contributed by atoms with Crippen LogP contribution in [0.3, 0.4) is 0 Å². The Balaban J connectivity index is 1.59. The molecule has 1 atom stereocenters. The summed E-state index contributed by atoms with van der Waals surface area (Å²) < 4.78 is 11.2. The van der Waals surface area contributed by atoms with Crippen LogP contribution in [0.2, 0.25) is 0 Å². The SMILES string of the molecule is Cc1ccccc1OCC1(O)CCCN(C(=O)C2CCOCC2)C1. The van der Waals surface area contributed by atoms with Gasteiger partial charge in [-0.3, -0.25) is 4.79 Å². The van der Waals surface area contributed by atoms with E-state index in [-0.39, 0.29) is 18.4 Å². The van der Waals surface area contributed by atoms with E-state index in [0.29, 0.717) is 26.2 Å². The highest BCUT2D eigenvalue weighted by molar-refractivity contribution is 5.79. The average Bonchev–Trinajstić information content (AvgIpc) is 2.61. The predicted molar refractivity (Wildman–Crippen MR) is 91.0 cm³/mol. The van der Waals surface area contributed by atoms with Crippen LogP contribution in [-0.4, -0.2) is 54.4 Å². The van der Waals surface area contributed by atoms with Crippen molar-refractivity contribution in [1.82, 2.24) is 4.90 Å². The number of amides is 1. The Labute approximate surface area is 143 Å². The first kappa shape index (κ1) is 17.2. The number of para-hydroxylation sites is 1. The number of aliphatic hydroxyl groups is 1. The maximum Gasteiger partial charge on any atom is 0.225 e. The molecule has 0 aliphatic carbocycles. The van der Waals surface area contributed by atoms with Gasteiger partial charge in [0.15, 0.2) is 0 Å². The van der Waals surface area contributed by atoms with Crippen LogP contribution in [0, 0.1) is 12.8 Å². The van der Waals surface area contributed by atoms with Crippen LogP contribution < -0.4 is 4.74 Å². The number of nitrogens with zero attached hydrogens (tertiary/aromatic N) is 1. The van der Waals surface area contributed by atoms with E-state index >= 15 is 0 Å². The standard InChI is InChI=1S/C19H27NO4/c1-15-5-2-3-6-17(15)24-14-19(22)9-4-10-20(13-19)18(21)16-7-11-23-12-8-16/h2-3,5-6,16,22H,4,7-14H2,1H3. The Hall–Kier alpha value is -1.59. The fourth-order valence-corrected chi connectivity index (χ4v) is 3.55. The molecule has 24 heavy (non-hydrogen) atoms. The minimum absolute atomic E-state index is 0.0402. The van der Waals surface area contributed by atoms with E-state index in [4.69, 9.17) is 9.47 Å². The van der Waals surface area contributed by atoms with Gasteiger partial charge in [0, 0.05) is 25.7 Å². The number of ether oxygens (including phenoxy) is 2. The van der Waals surface area contributed by atoms with Gasteiger partial charge in [-0.05, 0) is 44.2 Å². The molecule has 2 heterocycles. The molecule has 2 aliphatic heterocycles. The molecule has 3 rings (SSSR count). The molecular weight excluding hydrogens is 306 g/mol. The quantitative estimate of drug-likeness (QED) is 0.917. The molecule has 2 aliphatic rings. The summed E-state index contributed by atoms with van der Waals surface area (Å²) in [5.41, 5.74) is 0.0773. The lowest BCUT2D eigenvalue weighted by Gasteiger charge is -2.40. The molecule has 2 saturated heterocycles. The van der Waals surface area contributed by atoms with Crippen molar-refractivity contribution in [3.05, 3.63) is 29.8 Å². The lowest BCUT2D eigenvalue weighted by molar-refractivity contribution is -0.147. The molecule has 1 unspecified atom stereocenters. The van der Waals surface area contributed by atoms with Crippen LogP contribution in [0.15, 0.2) is 24.3 Å². The summed E-state index contributed by atoms with van der Waals surface area (Å²) in [4.78, 5) is 14.5. The third-order valence-corrected chi connectivity index (χ3v) is 5.03. The Morgan fingerprint density at radius 3 is 2.88 bits per heavy atom. The van der Waals surface area contributed by atoms with Crippen molar-refractivity contribution in [2.24, 2.45) is 5.92 Å². The molecule has 5 nitrogen and oxygen atoms in total. The van der Waals surface area contributed by atoms with Crippen molar-refractivity contribution in [1.29, 1.82) is 0 Å². The van der Waals surface area contributed by atoms with Crippen LogP contribution >= 0.6 is 0 Å². The van der Waals surface area contributed by atoms with Gasteiger partial charge in [0.2, 0.25) is 5.91 Å². The molecule has 132 valence electrons. The van der Waals surface area contributed by atoms with E-state index in [1.807, 2.05) is 36.1 Å². The first-order chi connectivity index (χ1) is 11.6. The third kappa shape index (κ3) is 4.08. The highest BCUT2D eigenvalue weighted by Crippen LogP contribution is 2.27. The third-order valence-electron chi connectivity index (χ3n) is 5.03. The Bertz CT molecular complexity index is 570. The number of piperidine rings is 1. The van der Waals surface area contributed by atoms with Gasteiger partial charge in [-0.1, -0.05) is 18.2 Å². The first-order valence-corrected chi connectivity index (χ1v) is 8.85. The fraction of sp³-hybridized carbons (Fsp3) is 0.632. The van der Waals surface area contributed by atoms with Gasteiger partial charge < -0.3 is 19.5 Å². The molecule has 0 saturated carbocycles. The monoisotopic (exact) mass is 333 g/mol. The Morgan fingerprint density at radius 2 is 2.12 bits per heavy atom. The molecule has 0 spiro atoms. The lowest BCUT2D eigenvalue weighted by atomic mass is 9.91. The maximum absolute atomic E-state index is 12.7. The van der Waals surface area contributed by atoms with Crippen molar-refractivity contribution >= 4 is 5.91 Å². The summed E-state index contributed by atoms with van der Waals surface area (Å²) in [6.45, 7) is 4.60. The topological polar surface area (TPSA) is 59.0 Å². The highest BCUT2D eigenvalue weighted by Gasteiger charge is 2.38. The fourth-order valence-electron chi connectivity index (χ4n) is 3.55. The maximum atomic E-state index is 12.7. The van der Waals surface area contributed by atoms with Gasteiger partial charge in [-0.25, -0.2) is 0 Å². The number of benzene rings is 1. The Morgan fingerprint density at radius 1 is 1.38 bits per heavy atom. The second-order valence-corrected chi connectivity index (χ2v) is 7.03. The van der Waals surface area contributed by atoms with Crippen LogP contribution in [0.4, 0.5) is 0 Å². The molecule has 1 aromatic rings. The van der Waals surface area contributed by atoms with Crippen molar-refractivity contribution in [3.8, 4) is 5.75 Å². The summed E-state index contributed by atoms with van der Waals surface area (Å²) in [6.07, 6.45) is 3.04. The summed E-state index contributed by atoms with van der Waals surface area (Å²) in [7, 11) is 0. The van der Waals surface area contributed by atoms with E-state index in [9.17, 15) is 9.90 Å². The van der Waals surface area contributed by atoms with Crippen LogP contribution in [0.25, 0.3) is 0 Å². The van der Waals surface area contributed by atoms with Gasteiger partial charge >= 0.3 is 0 Å². The van der Waals surface area contributed by atoms with Crippen molar-refractivity contribution in [2.45, 2.75) is 38.2 Å². The van der Waals surface area contributed by atoms with Crippen molar-refractivity contribution < 1.29 is 19.4 Å². The molecule has 0 bridgehead atoms. The minimum Gasteiger partial charge on any atom is -0.490 e. The molecular formula is C19H27NO4.